The summed E-state index contributed by atoms with van der Waals surface area (Å²) in [5.74, 6) is -9.75. The molecule has 0 spiro atoms. The number of halogens is 5. The molecule has 2 bridgehead atoms. The molecule has 150 valence electrons. The molecular formula is C16H21F5O5. The van der Waals surface area contributed by atoms with Crippen LogP contribution < -0.4 is 0 Å². The Morgan fingerprint density at radius 2 is 1.85 bits per heavy atom. The van der Waals surface area contributed by atoms with E-state index in [4.69, 9.17) is 4.74 Å². The second kappa shape index (κ2) is 6.00. The van der Waals surface area contributed by atoms with Crippen LogP contribution in [0.15, 0.2) is 0 Å². The van der Waals surface area contributed by atoms with E-state index in [0.29, 0.717) is 24.2 Å². The van der Waals surface area contributed by atoms with Gasteiger partial charge in [-0.05, 0) is 36.5 Å². The molecule has 2 N–H and O–H groups in total. The van der Waals surface area contributed by atoms with Crippen molar-refractivity contribution in [2.75, 3.05) is 6.61 Å². The normalized spacial score (nSPS) is 47.3. The molecular weight excluding hydrogens is 367 g/mol. The van der Waals surface area contributed by atoms with Crippen LogP contribution in [0.25, 0.3) is 0 Å². The van der Waals surface area contributed by atoms with E-state index in [2.05, 4.69) is 11.7 Å². The monoisotopic (exact) mass is 388 g/mol. The Balaban J connectivity index is 1.63. The number of carbonyl (C=O) groups is 1. The highest BCUT2D eigenvalue weighted by molar-refractivity contribution is 5.73. The number of ether oxygens (including phenoxy) is 2. The minimum Gasteiger partial charge on any atom is -0.463 e. The Morgan fingerprint density at radius 3 is 2.31 bits per heavy atom. The van der Waals surface area contributed by atoms with Gasteiger partial charge in [0.15, 0.2) is 6.10 Å². The minimum atomic E-state index is -5.83. The van der Waals surface area contributed by atoms with E-state index in [-0.39, 0.29) is 5.92 Å². The van der Waals surface area contributed by atoms with Crippen LogP contribution in [0.2, 0.25) is 0 Å². The standard InChI is InChI=1S/C16H21F5O5/c1-6-7(2)9-3-8(6)4-10(9)13(23)25-5-11-12(22)14(17,18)15(24,26-11)16(19,20)21/h6-12,22,24H,3-5H2,1-2H3. The number of hydrogen-bond acceptors (Lipinski definition) is 5. The first-order valence-electron chi connectivity index (χ1n) is 8.50. The van der Waals surface area contributed by atoms with Crippen LogP contribution in [0.5, 0.6) is 0 Å². The lowest BCUT2D eigenvalue weighted by atomic mass is 9.76. The zero-order chi connectivity index (χ0) is 19.7. The van der Waals surface area contributed by atoms with E-state index >= 15 is 0 Å². The van der Waals surface area contributed by atoms with Crippen LogP contribution in [0.3, 0.4) is 0 Å². The van der Waals surface area contributed by atoms with Gasteiger partial charge in [-0.1, -0.05) is 13.8 Å². The van der Waals surface area contributed by atoms with E-state index in [1.165, 1.54) is 0 Å². The Hall–Kier alpha value is -1.00. The summed E-state index contributed by atoms with van der Waals surface area (Å²) < 4.78 is 74.5. The number of hydrogen-bond donors (Lipinski definition) is 2. The predicted molar refractivity (Wildman–Crippen MR) is 75.8 cm³/mol. The van der Waals surface area contributed by atoms with E-state index in [1.807, 2.05) is 6.92 Å². The summed E-state index contributed by atoms with van der Waals surface area (Å²) >= 11 is 0. The van der Waals surface area contributed by atoms with Gasteiger partial charge >= 0.3 is 23.9 Å². The van der Waals surface area contributed by atoms with Crippen molar-refractivity contribution in [1.29, 1.82) is 0 Å². The number of fused-ring (bicyclic) bond motifs is 2. The number of esters is 1. The van der Waals surface area contributed by atoms with Crippen LogP contribution in [0.4, 0.5) is 22.0 Å². The van der Waals surface area contributed by atoms with Gasteiger partial charge in [0.2, 0.25) is 0 Å². The zero-order valence-electron chi connectivity index (χ0n) is 14.2. The highest BCUT2D eigenvalue weighted by atomic mass is 19.4. The molecule has 0 radical (unpaired) electrons. The molecule has 1 heterocycles. The molecule has 8 unspecified atom stereocenters. The molecule has 0 aromatic carbocycles. The average Bonchev–Trinajstić information content (AvgIpc) is 3.14. The van der Waals surface area contributed by atoms with Crippen molar-refractivity contribution in [2.24, 2.45) is 29.6 Å². The lowest BCUT2D eigenvalue weighted by Gasteiger charge is -2.30. The van der Waals surface area contributed by atoms with Crippen molar-refractivity contribution in [3.05, 3.63) is 0 Å². The lowest BCUT2D eigenvalue weighted by molar-refractivity contribution is -0.409. The van der Waals surface area contributed by atoms with Gasteiger partial charge in [-0.2, -0.15) is 22.0 Å². The molecule has 2 saturated carbocycles. The maximum absolute atomic E-state index is 13.7. The molecule has 5 nitrogen and oxygen atoms in total. The number of alkyl halides is 5. The fourth-order valence-corrected chi connectivity index (χ4v) is 4.66. The average molecular weight is 388 g/mol. The van der Waals surface area contributed by atoms with Gasteiger partial charge in [0.05, 0.1) is 5.92 Å². The molecule has 2 aliphatic carbocycles. The third kappa shape index (κ3) is 2.63. The van der Waals surface area contributed by atoms with E-state index < -0.39 is 48.6 Å². The van der Waals surface area contributed by atoms with E-state index in [0.717, 1.165) is 6.42 Å². The van der Waals surface area contributed by atoms with Crippen LogP contribution in [-0.4, -0.2) is 52.9 Å². The molecule has 3 rings (SSSR count). The second-order valence-electron chi connectivity index (χ2n) is 7.72. The van der Waals surface area contributed by atoms with Gasteiger partial charge in [0, 0.05) is 0 Å². The number of aliphatic hydroxyl groups is 2. The Morgan fingerprint density at radius 1 is 1.23 bits per heavy atom. The summed E-state index contributed by atoms with van der Waals surface area (Å²) in [5, 5.41) is 18.7. The molecule has 3 aliphatic rings. The molecule has 10 heteroatoms. The van der Waals surface area contributed by atoms with Gasteiger partial charge in [-0.25, -0.2) is 0 Å². The van der Waals surface area contributed by atoms with Crippen LogP contribution >= 0.6 is 0 Å². The van der Waals surface area contributed by atoms with Gasteiger partial charge in [0.25, 0.3) is 0 Å². The summed E-state index contributed by atoms with van der Waals surface area (Å²) in [5.41, 5.74) is 0. The Labute approximate surface area is 146 Å². The van der Waals surface area contributed by atoms with Crippen LogP contribution in [0.1, 0.15) is 26.7 Å². The summed E-state index contributed by atoms with van der Waals surface area (Å²) in [6.45, 7) is 3.12. The molecule has 26 heavy (non-hydrogen) atoms. The van der Waals surface area contributed by atoms with Crippen molar-refractivity contribution in [1.82, 2.24) is 0 Å². The van der Waals surface area contributed by atoms with Gasteiger partial charge in [0.1, 0.15) is 12.7 Å². The van der Waals surface area contributed by atoms with Crippen molar-refractivity contribution in [3.63, 3.8) is 0 Å². The minimum absolute atomic E-state index is 0.0884. The fraction of sp³-hybridized carbons (Fsp3) is 0.938. The maximum atomic E-state index is 13.7. The molecule has 0 amide bonds. The highest BCUT2D eigenvalue weighted by Crippen LogP contribution is 2.55. The molecule has 0 aromatic rings. The third-order valence-corrected chi connectivity index (χ3v) is 6.47. The van der Waals surface area contributed by atoms with Crippen molar-refractivity contribution < 1.29 is 46.4 Å². The first kappa shape index (κ1) is 19.8. The maximum Gasteiger partial charge on any atom is 0.449 e. The lowest BCUT2D eigenvalue weighted by Crippen LogP contribution is -2.59. The van der Waals surface area contributed by atoms with E-state index in [9.17, 15) is 37.0 Å². The van der Waals surface area contributed by atoms with Gasteiger partial charge < -0.3 is 19.7 Å². The molecule has 3 fully saturated rings. The Bertz CT molecular complexity index is 580. The number of carbonyl (C=O) groups excluding carboxylic acids is 1. The summed E-state index contributed by atoms with van der Waals surface area (Å²) in [4.78, 5) is 12.2. The van der Waals surface area contributed by atoms with E-state index in [1.54, 1.807) is 0 Å². The van der Waals surface area contributed by atoms with Crippen LogP contribution in [0, 0.1) is 29.6 Å². The topological polar surface area (TPSA) is 76.0 Å². The van der Waals surface area contributed by atoms with Crippen molar-refractivity contribution >= 4 is 5.97 Å². The zero-order valence-corrected chi connectivity index (χ0v) is 14.2. The first-order valence-corrected chi connectivity index (χ1v) is 8.50. The first-order chi connectivity index (χ1) is 11.8. The van der Waals surface area contributed by atoms with Crippen LogP contribution in [-0.2, 0) is 14.3 Å². The van der Waals surface area contributed by atoms with Crippen molar-refractivity contribution in [3.8, 4) is 0 Å². The second-order valence-corrected chi connectivity index (χ2v) is 7.72. The fourth-order valence-electron chi connectivity index (χ4n) is 4.66. The molecule has 1 aliphatic heterocycles. The smallest absolute Gasteiger partial charge is 0.449 e. The summed E-state index contributed by atoms with van der Waals surface area (Å²) in [6, 6.07) is 0. The molecule has 8 atom stereocenters. The molecule has 1 saturated heterocycles. The number of rotatable bonds is 3. The largest absolute Gasteiger partial charge is 0.463 e. The SMILES string of the molecule is CC1C2CC(C(=O)OCC3OC(O)(C(F)(F)F)C(F)(F)C3O)C(C2)C1C. The quantitative estimate of drug-likeness (QED) is 0.572. The third-order valence-electron chi connectivity index (χ3n) is 6.47. The molecule has 0 aromatic heterocycles. The number of aliphatic hydroxyl groups excluding tert-OH is 1. The summed E-state index contributed by atoms with van der Waals surface area (Å²) in [6.07, 6.45) is -9.52. The Kier molecular flexibility index (Phi) is 4.56. The predicted octanol–water partition coefficient (Wildman–Crippen LogP) is 2.10. The van der Waals surface area contributed by atoms with Gasteiger partial charge in [-0.15, -0.1) is 0 Å². The summed E-state index contributed by atoms with van der Waals surface area (Å²) in [7, 11) is 0. The highest BCUT2D eigenvalue weighted by Gasteiger charge is 2.79. The van der Waals surface area contributed by atoms with Gasteiger partial charge in [-0.3, -0.25) is 4.79 Å². The van der Waals surface area contributed by atoms with Crippen molar-refractivity contribution in [2.45, 2.75) is 56.8 Å².